The minimum atomic E-state index is -0.918. The fourth-order valence-electron chi connectivity index (χ4n) is 2.95. The fourth-order valence-corrected chi connectivity index (χ4v) is 4.34. The molecule has 0 N–H and O–H groups in total. The van der Waals surface area contributed by atoms with Crippen LogP contribution in [0.25, 0.3) is 0 Å². The van der Waals surface area contributed by atoms with Gasteiger partial charge in [0.25, 0.3) is 0 Å². The molecule has 0 amide bonds. The number of hydrogen-bond donors (Lipinski definition) is 0. The van der Waals surface area contributed by atoms with E-state index in [1.807, 2.05) is 38.1 Å². The van der Waals surface area contributed by atoms with Gasteiger partial charge in [0.05, 0.1) is 24.7 Å². The number of carbonyl (C=O) groups is 1. The molecule has 23 heavy (non-hydrogen) atoms. The van der Waals surface area contributed by atoms with Gasteiger partial charge in [-0.2, -0.15) is 0 Å². The van der Waals surface area contributed by atoms with E-state index in [2.05, 4.69) is 13.8 Å². The van der Waals surface area contributed by atoms with Gasteiger partial charge in [-0.25, -0.2) is 0 Å². The minimum Gasteiger partial charge on any atom is -0.489 e. The predicted molar refractivity (Wildman–Crippen MR) is 93.2 cm³/mol. The molecule has 0 saturated carbocycles. The number of hydrogen-bond acceptors (Lipinski definition) is 4. The molecular formula is C18H27O4P. The van der Waals surface area contributed by atoms with Gasteiger partial charge in [-0.05, 0) is 38.3 Å². The number of ketones is 1. The van der Waals surface area contributed by atoms with Gasteiger partial charge in [-0.3, -0.25) is 4.79 Å². The van der Waals surface area contributed by atoms with Crippen LogP contribution in [0.15, 0.2) is 24.3 Å². The Bertz CT molecular complexity index is 511. The molecule has 4 nitrogen and oxygen atoms in total. The van der Waals surface area contributed by atoms with Gasteiger partial charge in [0.2, 0.25) is 0 Å². The third-order valence-corrected chi connectivity index (χ3v) is 5.69. The molecule has 0 fully saturated rings. The van der Waals surface area contributed by atoms with E-state index < -0.39 is 8.38 Å². The van der Waals surface area contributed by atoms with E-state index in [1.54, 1.807) is 0 Å². The Morgan fingerprint density at radius 3 is 2.43 bits per heavy atom. The molecule has 1 heterocycles. The maximum absolute atomic E-state index is 12.9. The number of benzene rings is 1. The quantitative estimate of drug-likeness (QED) is 0.646. The van der Waals surface area contributed by atoms with Crippen molar-refractivity contribution in [3.05, 3.63) is 29.8 Å². The first-order valence-electron chi connectivity index (χ1n) is 8.41. The highest BCUT2D eigenvalue weighted by molar-refractivity contribution is 7.47. The molecule has 1 aromatic carbocycles. The van der Waals surface area contributed by atoms with Crippen LogP contribution in [-0.4, -0.2) is 31.3 Å². The van der Waals surface area contributed by atoms with Gasteiger partial charge in [-0.1, -0.05) is 26.0 Å². The van der Waals surface area contributed by atoms with E-state index in [0.717, 1.165) is 12.6 Å². The van der Waals surface area contributed by atoms with E-state index in [1.165, 1.54) is 0 Å². The normalized spacial score (nSPS) is 20.7. The van der Waals surface area contributed by atoms with Crippen molar-refractivity contribution >= 4 is 14.2 Å². The van der Waals surface area contributed by atoms with E-state index in [-0.39, 0.29) is 23.7 Å². The molecule has 1 aromatic rings. The topological polar surface area (TPSA) is 44.8 Å². The second-order valence-corrected chi connectivity index (χ2v) is 7.60. The Labute approximate surface area is 140 Å². The standard InChI is InChI=1S/C18H27O4P/c1-5-20-23(21-6-2)12-11-15-17(19)14-9-7-8-10-16(14)22-18(15)13(3)4/h7-10,13,15,18H,5-6,11-12H2,1-4H3. The van der Waals surface area contributed by atoms with Crippen molar-refractivity contribution < 1.29 is 18.6 Å². The van der Waals surface area contributed by atoms with Gasteiger partial charge < -0.3 is 13.8 Å². The zero-order valence-corrected chi connectivity index (χ0v) is 15.3. The lowest BCUT2D eigenvalue weighted by molar-refractivity contribution is 0.0504. The third kappa shape index (κ3) is 4.53. The number of carbonyl (C=O) groups excluding carboxylic acids is 1. The molecule has 0 bridgehead atoms. The highest BCUT2D eigenvalue weighted by Crippen LogP contribution is 2.42. The van der Waals surface area contributed by atoms with E-state index in [9.17, 15) is 4.79 Å². The number of ether oxygens (including phenoxy) is 1. The first-order chi connectivity index (χ1) is 11.1. The number of Topliss-reactive ketones (excluding diaryl/α,β-unsaturated/α-hetero) is 1. The Kier molecular flexibility index (Phi) is 7.01. The summed E-state index contributed by atoms with van der Waals surface area (Å²) in [5.74, 6) is 1.05. The summed E-state index contributed by atoms with van der Waals surface area (Å²) >= 11 is 0. The third-order valence-electron chi connectivity index (χ3n) is 3.97. The summed E-state index contributed by atoms with van der Waals surface area (Å²) in [5, 5.41) is 0. The van der Waals surface area contributed by atoms with E-state index >= 15 is 0 Å². The summed E-state index contributed by atoms with van der Waals surface area (Å²) in [7, 11) is -0.918. The van der Waals surface area contributed by atoms with Crippen LogP contribution < -0.4 is 4.74 Å². The van der Waals surface area contributed by atoms with Crippen LogP contribution in [0.4, 0.5) is 0 Å². The van der Waals surface area contributed by atoms with Crippen molar-refractivity contribution in [3.63, 3.8) is 0 Å². The molecule has 0 aliphatic carbocycles. The van der Waals surface area contributed by atoms with Crippen molar-refractivity contribution in [3.8, 4) is 5.75 Å². The van der Waals surface area contributed by atoms with Gasteiger partial charge in [0.15, 0.2) is 14.2 Å². The molecular weight excluding hydrogens is 311 g/mol. The summed E-state index contributed by atoms with van der Waals surface area (Å²) in [5.41, 5.74) is 0.701. The zero-order valence-electron chi connectivity index (χ0n) is 14.5. The van der Waals surface area contributed by atoms with Crippen LogP contribution in [0.1, 0.15) is 44.5 Å². The largest absolute Gasteiger partial charge is 0.489 e. The molecule has 0 saturated heterocycles. The first kappa shape index (κ1) is 18.4. The maximum Gasteiger partial charge on any atom is 0.173 e. The Morgan fingerprint density at radius 1 is 1.17 bits per heavy atom. The van der Waals surface area contributed by atoms with Crippen LogP contribution in [0, 0.1) is 11.8 Å². The predicted octanol–water partition coefficient (Wildman–Crippen LogP) is 4.68. The molecule has 1 aliphatic rings. The van der Waals surface area contributed by atoms with Crippen LogP contribution in [0.3, 0.4) is 0 Å². The molecule has 2 unspecified atom stereocenters. The number of rotatable bonds is 8. The minimum absolute atomic E-state index is 0.0856. The summed E-state index contributed by atoms with van der Waals surface area (Å²) in [4.78, 5) is 12.9. The lowest BCUT2D eigenvalue weighted by Gasteiger charge is -2.35. The van der Waals surface area contributed by atoms with E-state index in [0.29, 0.717) is 24.5 Å². The molecule has 1 aliphatic heterocycles. The molecule has 0 spiro atoms. The van der Waals surface area contributed by atoms with E-state index in [4.69, 9.17) is 13.8 Å². The second-order valence-electron chi connectivity index (χ2n) is 5.97. The Morgan fingerprint density at radius 2 is 1.83 bits per heavy atom. The van der Waals surface area contributed by atoms with Crippen LogP contribution in [0.2, 0.25) is 0 Å². The summed E-state index contributed by atoms with van der Waals surface area (Å²) < 4.78 is 17.5. The highest BCUT2D eigenvalue weighted by atomic mass is 31.2. The van der Waals surface area contributed by atoms with Crippen LogP contribution in [0.5, 0.6) is 5.75 Å². The van der Waals surface area contributed by atoms with Crippen molar-refractivity contribution in [2.45, 2.75) is 40.2 Å². The van der Waals surface area contributed by atoms with Crippen LogP contribution >= 0.6 is 8.38 Å². The van der Waals surface area contributed by atoms with Gasteiger partial charge in [0, 0.05) is 6.16 Å². The monoisotopic (exact) mass is 338 g/mol. The maximum atomic E-state index is 12.9. The molecule has 2 atom stereocenters. The summed E-state index contributed by atoms with van der Waals surface area (Å²) in [6.45, 7) is 9.42. The smallest absolute Gasteiger partial charge is 0.173 e. The lowest BCUT2D eigenvalue weighted by atomic mass is 9.82. The summed E-state index contributed by atoms with van der Waals surface area (Å²) in [6, 6.07) is 7.54. The molecule has 0 aromatic heterocycles. The fraction of sp³-hybridized carbons (Fsp3) is 0.611. The van der Waals surface area contributed by atoms with Gasteiger partial charge in [0.1, 0.15) is 11.9 Å². The first-order valence-corrected chi connectivity index (χ1v) is 9.78. The van der Waals surface area contributed by atoms with Crippen LogP contribution in [-0.2, 0) is 9.05 Å². The molecule has 2 rings (SSSR count). The molecule has 128 valence electrons. The van der Waals surface area contributed by atoms with Crippen molar-refractivity contribution in [2.24, 2.45) is 11.8 Å². The second kappa shape index (κ2) is 8.77. The van der Waals surface area contributed by atoms with Crippen molar-refractivity contribution in [1.29, 1.82) is 0 Å². The average Bonchev–Trinajstić information content (AvgIpc) is 2.54. The summed E-state index contributed by atoms with van der Waals surface area (Å²) in [6.07, 6.45) is 1.42. The lowest BCUT2D eigenvalue weighted by Crippen LogP contribution is -2.41. The van der Waals surface area contributed by atoms with Crippen molar-refractivity contribution in [2.75, 3.05) is 19.4 Å². The number of fused-ring (bicyclic) bond motifs is 1. The zero-order chi connectivity index (χ0) is 16.8. The SMILES string of the molecule is CCOP(CCC1C(=O)c2ccccc2OC1C(C)C)OCC. The molecule has 0 radical (unpaired) electrons. The Balaban J connectivity index is 2.13. The average molecular weight is 338 g/mol. The van der Waals surface area contributed by atoms with Crippen molar-refractivity contribution in [1.82, 2.24) is 0 Å². The van der Waals surface area contributed by atoms with Gasteiger partial charge in [-0.15, -0.1) is 0 Å². The molecule has 5 heteroatoms. The van der Waals surface area contributed by atoms with Gasteiger partial charge >= 0.3 is 0 Å². The highest BCUT2D eigenvalue weighted by Gasteiger charge is 2.38. The number of para-hydroxylation sites is 1. The Hall–Kier alpha value is -0.960.